The zero-order valence-electron chi connectivity index (χ0n) is 17.6. The first-order chi connectivity index (χ1) is 14.2. The zero-order valence-corrected chi connectivity index (χ0v) is 17.6. The number of aromatic amines is 1. The van der Waals surface area contributed by atoms with Crippen LogP contribution in [0.5, 0.6) is 0 Å². The Labute approximate surface area is 170 Å². The number of hydrogen-bond acceptors (Lipinski definition) is 7. The topological polar surface area (TPSA) is 104 Å². The fourth-order valence-corrected chi connectivity index (χ4v) is 3.32. The number of unbranched alkanes of at least 4 members (excludes halogenated alkanes) is 1. The van der Waals surface area contributed by atoms with Crippen LogP contribution in [0.3, 0.4) is 0 Å². The van der Waals surface area contributed by atoms with E-state index in [0.717, 1.165) is 42.6 Å². The molecule has 0 saturated carbocycles. The molecule has 0 aliphatic heterocycles. The summed E-state index contributed by atoms with van der Waals surface area (Å²) in [4.78, 5) is 4.81. The first-order valence-electron chi connectivity index (χ1n) is 10.0. The summed E-state index contributed by atoms with van der Waals surface area (Å²) >= 11 is 0. The van der Waals surface area contributed by atoms with Crippen molar-refractivity contribution in [1.29, 1.82) is 0 Å². The molecule has 0 spiro atoms. The molecular weight excluding hydrogens is 370 g/mol. The van der Waals surface area contributed by atoms with Gasteiger partial charge in [0.25, 0.3) is 0 Å². The van der Waals surface area contributed by atoms with Crippen LogP contribution in [0.1, 0.15) is 56.7 Å². The van der Waals surface area contributed by atoms with E-state index < -0.39 is 5.79 Å². The molecule has 0 fully saturated rings. The maximum absolute atomic E-state index is 5.71. The molecule has 2 heterocycles. The first-order valence-corrected chi connectivity index (χ1v) is 10.0. The molecule has 0 unspecified atom stereocenters. The van der Waals surface area contributed by atoms with Gasteiger partial charge in [-0.25, -0.2) is 14.8 Å². The van der Waals surface area contributed by atoms with E-state index in [4.69, 9.17) is 19.6 Å². The van der Waals surface area contributed by atoms with Crippen LogP contribution < -0.4 is 0 Å². The maximum Gasteiger partial charge on any atom is 0.231 e. The highest BCUT2D eigenvalue weighted by molar-refractivity contribution is 5.54. The lowest BCUT2D eigenvalue weighted by molar-refractivity contribution is -0.225. The van der Waals surface area contributed by atoms with Crippen molar-refractivity contribution in [1.82, 2.24) is 35.4 Å². The predicted octanol–water partition coefficient (Wildman–Crippen LogP) is 3.09. The molecule has 0 aliphatic carbocycles. The van der Waals surface area contributed by atoms with E-state index >= 15 is 0 Å². The van der Waals surface area contributed by atoms with E-state index in [-0.39, 0.29) is 0 Å². The molecule has 0 radical (unpaired) electrons. The van der Waals surface area contributed by atoms with Crippen molar-refractivity contribution in [3.8, 4) is 11.4 Å². The minimum absolute atomic E-state index is 0.583. The van der Waals surface area contributed by atoms with E-state index in [1.54, 1.807) is 14.2 Å². The summed E-state index contributed by atoms with van der Waals surface area (Å²) in [6.07, 6.45) is 4.60. The van der Waals surface area contributed by atoms with E-state index in [0.29, 0.717) is 24.6 Å². The third-order valence-electron chi connectivity index (χ3n) is 4.99. The second-order valence-electron chi connectivity index (χ2n) is 6.97. The number of aromatic nitrogens is 7. The smallest absolute Gasteiger partial charge is 0.231 e. The molecule has 3 aromatic rings. The highest BCUT2D eigenvalue weighted by Crippen LogP contribution is 2.29. The molecule has 156 valence electrons. The minimum Gasteiger partial charge on any atom is -0.347 e. The minimum atomic E-state index is -0.913. The summed E-state index contributed by atoms with van der Waals surface area (Å²) < 4.78 is 13.4. The normalized spacial score (nSPS) is 11.9. The lowest BCUT2D eigenvalue weighted by atomic mass is 10.1. The van der Waals surface area contributed by atoms with Gasteiger partial charge in [-0.3, -0.25) is 0 Å². The van der Waals surface area contributed by atoms with Crippen molar-refractivity contribution in [3.63, 3.8) is 0 Å². The summed E-state index contributed by atoms with van der Waals surface area (Å²) in [6, 6.07) is 8.09. The number of H-pyrrole nitrogens is 1. The Kier molecular flexibility index (Phi) is 7.05. The van der Waals surface area contributed by atoms with Gasteiger partial charge in [-0.2, -0.15) is 0 Å². The molecule has 0 aliphatic rings. The van der Waals surface area contributed by atoms with Gasteiger partial charge in [0.1, 0.15) is 5.82 Å². The second-order valence-corrected chi connectivity index (χ2v) is 6.97. The average molecular weight is 399 g/mol. The number of aryl methyl sites for hydroxylation is 1. The van der Waals surface area contributed by atoms with E-state index in [1.807, 2.05) is 16.8 Å². The predicted molar refractivity (Wildman–Crippen MR) is 108 cm³/mol. The summed E-state index contributed by atoms with van der Waals surface area (Å²) in [7, 11) is 3.28. The number of ether oxygens (including phenoxy) is 2. The fraction of sp³-hybridized carbons (Fsp3) is 0.550. The molecule has 2 aromatic heterocycles. The third kappa shape index (κ3) is 4.68. The van der Waals surface area contributed by atoms with E-state index in [2.05, 4.69) is 46.6 Å². The highest BCUT2D eigenvalue weighted by atomic mass is 16.7. The largest absolute Gasteiger partial charge is 0.347 e. The van der Waals surface area contributed by atoms with E-state index in [1.165, 1.54) is 0 Å². The van der Waals surface area contributed by atoms with Crippen molar-refractivity contribution in [2.45, 2.75) is 58.3 Å². The molecule has 0 saturated heterocycles. The fourth-order valence-electron chi connectivity index (χ4n) is 3.32. The van der Waals surface area contributed by atoms with Crippen LogP contribution in [0.2, 0.25) is 0 Å². The van der Waals surface area contributed by atoms with Gasteiger partial charge in [-0.15, -0.1) is 10.2 Å². The molecule has 3 rings (SSSR count). The molecule has 1 aromatic carbocycles. The number of nitrogens with zero attached hydrogens (tertiary/aromatic N) is 6. The van der Waals surface area contributed by atoms with Gasteiger partial charge in [-0.1, -0.05) is 51.0 Å². The van der Waals surface area contributed by atoms with Gasteiger partial charge in [0.05, 0.1) is 6.54 Å². The molecule has 9 heteroatoms. The Hall–Kier alpha value is -2.65. The molecule has 0 amide bonds. The summed E-state index contributed by atoms with van der Waals surface area (Å²) in [5.74, 6) is 1.26. The second kappa shape index (κ2) is 9.71. The monoisotopic (exact) mass is 399 g/mol. The number of hydrogen-bond donors (Lipinski definition) is 1. The summed E-state index contributed by atoms with van der Waals surface area (Å²) in [5.41, 5.74) is 2.05. The molecule has 0 atom stereocenters. The van der Waals surface area contributed by atoms with Crippen LogP contribution in [0.25, 0.3) is 11.4 Å². The summed E-state index contributed by atoms with van der Waals surface area (Å²) in [6.45, 7) is 4.88. The molecule has 1 N–H and O–H groups in total. The standard InChI is InChI=1S/C20H29N7O2/c1-5-7-8-17-21-19(20(28-3,29-4)13-6-2)24-27(17)14-15-9-11-16(12-10-15)18-22-25-26-23-18/h9-12H,5-8,13-14H2,1-4H3,(H,22,23,25,26). The van der Waals surface area contributed by atoms with Crippen molar-refractivity contribution < 1.29 is 9.47 Å². The summed E-state index contributed by atoms with van der Waals surface area (Å²) in [5, 5.41) is 18.7. The van der Waals surface area contributed by atoms with Gasteiger partial charge in [0.2, 0.25) is 11.6 Å². The Morgan fingerprint density at radius 3 is 2.41 bits per heavy atom. The van der Waals surface area contributed by atoms with Crippen LogP contribution in [0.4, 0.5) is 0 Å². The quantitative estimate of drug-likeness (QED) is 0.494. The first kappa shape index (κ1) is 21.1. The van der Waals surface area contributed by atoms with Crippen molar-refractivity contribution >= 4 is 0 Å². The van der Waals surface area contributed by atoms with Crippen LogP contribution in [-0.2, 0) is 28.2 Å². The molecule has 0 bridgehead atoms. The highest BCUT2D eigenvalue weighted by Gasteiger charge is 2.36. The average Bonchev–Trinajstić information content (AvgIpc) is 3.42. The van der Waals surface area contributed by atoms with Crippen LogP contribution in [0.15, 0.2) is 24.3 Å². The number of methoxy groups -OCH3 is 2. The van der Waals surface area contributed by atoms with Crippen LogP contribution in [-0.4, -0.2) is 49.6 Å². The van der Waals surface area contributed by atoms with Crippen LogP contribution >= 0.6 is 0 Å². The Morgan fingerprint density at radius 1 is 1.07 bits per heavy atom. The van der Waals surface area contributed by atoms with Gasteiger partial charge >= 0.3 is 0 Å². The van der Waals surface area contributed by atoms with Crippen molar-refractivity contribution in [2.75, 3.05) is 14.2 Å². The molecule has 9 nitrogen and oxygen atoms in total. The number of tetrazole rings is 1. The number of rotatable bonds is 11. The lowest BCUT2D eigenvalue weighted by Gasteiger charge is -2.27. The SMILES string of the molecule is CCCCc1nc(C(CCC)(OC)OC)nn1Cc1ccc(-c2nnn[nH]2)cc1. The van der Waals surface area contributed by atoms with Gasteiger partial charge in [0, 0.05) is 32.6 Å². The number of benzene rings is 1. The lowest BCUT2D eigenvalue weighted by Crippen LogP contribution is -2.32. The van der Waals surface area contributed by atoms with E-state index in [9.17, 15) is 0 Å². The molecular formula is C20H29N7O2. The van der Waals surface area contributed by atoms with Gasteiger partial charge in [-0.05, 0) is 22.4 Å². The van der Waals surface area contributed by atoms with Gasteiger partial charge in [0.15, 0.2) is 5.82 Å². The maximum atomic E-state index is 5.71. The Morgan fingerprint density at radius 2 is 1.83 bits per heavy atom. The van der Waals surface area contributed by atoms with Crippen molar-refractivity contribution in [3.05, 3.63) is 41.5 Å². The number of nitrogens with one attached hydrogen (secondary N) is 1. The third-order valence-corrected chi connectivity index (χ3v) is 4.99. The zero-order chi connectivity index (χ0) is 20.7. The Bertz CT molecular complexity index is 871. The molecule has 29 heavy (non-hydrogen) atoms. The van der Waals surface area contributed by atoms with Crippen LogP contribution in [0, 0.1) is 0 Å². The Balaban J connectivity index is 1.87. The van der Waals surface area contributed by atoms with Gasteiger partial charge < -0.3 is 9.47 Å². The van der Waals surface area contributed by atoms with Crippen molar-refractivity contribution in [2.24, 2.45) is 0 Å².